The molecule has 0 saturated carbocycles. The zero-order chi connectivity index (χ0) is 14.4. The molecule has 0 bridgehead atoms. The largest absolute Gasteiger partial charge is 0.465 e. The van der Waals surface area contributed by atoms with Crippen LogP contribution in [0.3, 0.4) is 0 Å². The highest BCUT2D eigenvalue weighted by Crippen LogP contribution is 2.11. The molecule has 0 atom stereocenters. The number of nitrogens with one attached hydrogen (secondary N) is 1. The van der Waals surface area contributed by atoms with Crippen molar-refractivity contribution in [3.05, 3.63) is 59.3 Å². The van der Waals surface area contributed by atoms with Crippen molar-refractivity contribution in [2.75, 3.05) is 19.0 Å². The molecule has 0 spiro atoms. The number of rotatable bonds is 5. The third-order valence-electron chi connectivity index (χ3n) is 3.05. The van der Waals surface area contributed by atoms with E-state index in [9.17, 15) is 4.79 Å². The molecule has 0 saturated heterocycles. The fourth-order valence-corrected chi connectivity index (χ4v) is 1.96. The van der Waals surface area contributed by atoms with Gasteiger partial charge in [0.25, 0.3) is 0 Å². The van der Waals surface area contributed by atoms with Gasteiger partial charge in [-0.25, -0.2) is 9.78 Å². The van der Waals surface area contributed by atoms with Crippen LogP contribution in [-0.2, 0) is 11.2 Å². The average Bonchev–Trinajstić information content (AvgIpc) is 2.48. The summed E-state index contributed by atoms with van der Waals surface area (Å²) in [5, 5.41) is 3.25. The second-order valence-electron chi connectivity index (χ2n) is 4.48. The first kappa shape index (κ1) is 14.1. The van der Waals surface area contributed by atoms with Gasteiger partial charge in [-0.1, -0.05) is 30.3 Å². The van der Waals surface area contributed by atoms with E-state index >= 15 is 0 Å². The Morgan fingerprint density at radius 1 is 1.20 bits per heavy atom. The Labute approximate surface area is 118 Å². The molecule has 0 aliphatic heterocycles. The van der Waals surface area contributed by atoms with Crippen molar-refractivity contribution in [1.82, 2.24) is 4.98 Å². The fraction of sp³-hybridized carbons (Fsp3) is 0.250. The van der Waals surface area contributed by atoms with Crippen LogP contribution in [0.2, 0.25) is 0 Å². The lowest BCUT2D eigenvalue weighted by molar-refractivity contribution is 0.0599. The number of carbonyl (C=O) groups excluding carboxylic acids is 1. The number of methoxy groups -OCH3 is 1. The van der Waals surface area contributed by atoms with Gasteiger partial charge >= 0.3 is 5.97 Å². The van der Waals surface area contributed by atoms with E-state index in [0.717, 1.165) is 18.8 Å². The number of hydrogen-bond acceptors (Lipinski definition) is 4. The van der Waals surface area contributed by atoms with E-state index in [1.807, 2.05) is 18.2 Å². The summed E-state index contributed by atoms with van der Waals surface area (Å²) >= 11 is 0. The smallest absolute Gasteiger partial charge is 0.339 e. The molecule has 1 N–H and O–H groups in total. The van der Waals surface area contributed by atoms with Crippen LogP contribution in [0.15, 0.2) is 42.5 Å². The first-order valence-electron chi connectivity index (χ1n) is 6.54. The summed E-state index contributed by atoms with van der Waals surface area (Å²) in [7, 11) is 1.37. The Balaban J connectivity index is 1.94. The molecule has 2 rings (SSSR count). The predicted molar refractivity (Wildman–Crippen MR) is 78.9 cm³/mol. The summed E-state index contributed by atoms with van der Waals surface area (Å²) in [4.78, 5) is 15.8. The minimum atomic E-state index is -0.356. The molecular weight excluding hydrogens is 252 g/mol. The van der Waals surface area contributed by atoms with E-state index in [1.165, 1.54) is 12.7 Å². The van der Waals surface area contributed by atoms with Crippen molar-refractivity contribution >= 4 is 11.8 Å². The van der Waals surface area contributed by atoms with Crippen molar-refractivity contribution in [3.63, 3.8) is 0 Å². The van der Waals surface area contributed by atoms with Gasteiger partial charge < -0.3 is 10.1 Å². The van der Waals surface area contributed by atoms with Crippen LogP contribution in [0.4, 0.5) is 5.82 Å². The molecule has 0 amide bonds. The quantitative estimate of drug-likeness (QED) is 0.849. The number of pyridine rings is 1. The summed E-state index contributed by atoms with van der Waals surface area (Å²) in [5.41, 5.74) is 2.45. The number of aromatic nitrogens is 1. The van der Waals surface area contributed by atoms with Crippen LogP contribution in [0.5, 0.6) is 0 Å². The van der Waals surface area contributed by atoms with Gasteiger partial charge in [-0.3, -0.25) is 0 Å². The van der Waals surface area contributed by atoms with E-state index < -0.39 is 0 Å². The second-order valence-corrected chi connectivity index (χ2v) is 4.48. The first-order valence-corrected chi connectivity index (χ1v) is 6.54. The van der Waals surface area contributed by atoms with Crippen LogP contribution in [0.1, 0.15) is 21.6 Å². The van der Waals surface area contributed by atoms with Gasteiger partial charge in [0, 0.05) is 6.54 Å². The maximum absolute atomic E-state index is 11.5. The number of nitrogens with zero attached hydrogens (tertiary/aromatic N) is 1. The topological polar surface area (TPSA) is 51.2 Å². The van der Waals surface area contributed by atoms with Gasteiger partial charge in [-0.05, 0) is 31.0 Å². The molecular formula is C16H18N2O2. The zero-order valence-electron chi connectivity index (χ0n) is 11.7. The SMILES string of the molecule is COC(=O)c1ccc(NCCc2ccccc2)nc1C. The van der Waals surface area contributed by atoms with Crippen molar-refractivity contribution in [2.45, 2.75) is 13.3 Å². The van der Waals surface area contributed by atoms with Gasteiger partial charge in [0.2, 0.25) is 0 Å². The maximum atomic E-state index is 11.5. The number of anilines is 1. The van der Waals surface area contributed by atoms with Crippen LogP contribution in [0.25, 0.3) is 0 Å². The number of carbonyl (C=O) groups is 1. The number of hydrogen-bond donors (Lipinski definition) is 1. The molecule has 0 aliphatic carbocycles. The monoisotopic (exact) mass is 270 g/mol. The minimum absolute atomic E-state index is 0.356. The highest BCUT2D eigenvalue weighted by molar-refractivity contribution is 5.90. The van der Waals surface area contributed by atoms with Crippen LogP contribution in [-0.4, -0.2) is 24.6 Å². The van der Waals surface area contributed by atoms with Gasteiger partial charge in [0.1, 0.15) is 5.82 Å². The first-order chi connectivity index (χ1) is 9.70. The highest BCUT2D eigenvalue weighted by Gasteiger charge is 2.10. The third kappa shape index (κ3) is 3.57. The van der Waals surface area contributed by atoms with Crippen molar-refractivity contribution in [3.8, 4) is 0 Å². The number of aryl methyl sites for hydroxylation is 1. The Hall–Kier alpha value is -2.36. The lowest BCUT2D eigenvalue weighted by atomic mass is 10.1. The van der Waals surface area contributed by atoms with Crippen molar-refractivity contribution in [1.29, 1.82) is 0 Å². The summed E-state index contributed by atoms with van der Waals surface area (Å²) < 4.78 is 4.70. The Kier molecular flexibility index (Phi) is 4.71. The molecule has 2 aromatic rings. The molecule has 4 nitrogen and oxygen atoms in total. The maximum Gasteiger partial charge on any atom is 0.339 e. The summed E-state index contributed by atoms with van der Waals surface area (Å²) in [6, 6.07) is 13.8. The standard InChI is InChI=1S/C16H18N2O2/c1-12-14(16(19)20-2)8-9-15(18-12)17-11-10-13-6-4-3-5-7-13/h3-9H,10-11H2,1-2H3,(H,17,18). The van der Waals surface area contributed by atoms with Crippen molar-refractivity contribution < 1.29 is 9.53 Å². The molecule has 4 heteroatoms. The Morgan fingerprint density at radius 2 is 1.95 bits per heavy atom. The summed E-state index contributed by atoms with van der Waals surface area (Å²) in [6.07, 6.45) is 0.931. The number of esters is 1. The van der Waals surface area contributed by atoms with Gasteiger partial charge in [0.15, 0.2) is 0 Å². The molecule has 0 fully saturated rings. The van der Waals surface area contributed by atoms with Crippen LogP contribution < -0.4 is 5.32 Å². The second kappa shape index (κ2) is 6.70. The normalized spacial score (nSPS) is 10.1. The minimum Gasteiger partial charge on any atom is -0.465 e. The lowest BCUT2D eigenvalue weighted by Crippen LogP contribution is -2.09. The molecule has 0 aliphatic rings. The van der Waals surface area contributed by atoms with E-state index in [-0.39, 0.29) is 5.97 Å². The summed E-state index contributed by atoms with van der Waals surface area (Å²) in [5.74, 6) is 0.414. The van der Waals surface area contributed by atoms with Crippen molar-refractivity contribution in [2.24, 2.45) is 0 Å². The molecule has 0 unspecified atom stereocenters. The number of benzene rings is 1. The average molecular weight is 270 g/mol. The molecule has 20 heavy (non-hydrogen) atoms. The van der Waals surface area contributed by atoms with E-state index in [2.05, 4.69) is 22.4 Å². The van der Waals surface area contributed by atoms with Gasteiger partial charge in [-0.15, -0.1) is 0 Å². The Bertz CT molecular complexity index is 582. The molecule has 1 aromatic heterocycles. The predicted octanol–water partition coefficient (Wildman–Crippen LogP) is 2.83. The summed E-state index contributed by atoms with van der Waals surface area (Å²) in [6.45, 7) is 2.60. The molecule has 104 valence electrons. The van der Waals surface area contributed by atoms with E-state index in [0.29, 0.717) is 11.3 Å². The van der Waals surface area contributed by atoms with Gasteiger partial charge in [-0.2, -0.15) is 0 Å². The van der Waals surface area contributed by atoms with Crippen LogP contribution in [0, 0.1) is 6.92 Å². The Morgan fingerprint density at radius 3 is 2.60 bits per heavy atom. The van der Waals surface area contributed by atoms with E-state index in [4.69, 9.17) is 4.74 Å². The van der Waals surface area contributed by atoms with Gasteiger partial charge in [0.05, 0.1) is 18.4 Å². The van der Waals surface area contributed by atoms with E-state index in [1.54, 1.807) is 19.1 Å². The lowest BCUT2D eigenvalue weighted by Gasteiger charge is -2.08. The highest BCUT2D eigenvalue weighted by atomic mass is 16.5. The number of ether oxygens (including phenoxy) is 1. The third-order valence-corrected chi connectivity index (χ3v) is 3.05. The fourth-order valence-electron chi connectivity index (χ4n) is 1.96. The molecule has 1 aromatic carbocycles. The zero-order valence-corrected chi connectivity index (χ0v) is 11.7. The molecule has 1 heterocycles. The molecule has 0 radical (unpaired) electrons. The van der Waals surface area contributed by atoms with Crippen LogP contribution >= 0.6 is 0 Å².